The molecule has 5 nitrogen and oxygen atoms in total. The van der Waals surface area contributed by atoms with Crippen LogP contribution >= 0.6 is 0 Å². The number of hydrogen-bond donors (Lipinski definition) is 1. The Balaban J connectivity index is 1.58. The molecule has 0 radical (unpaired) electrons. The minimum absolute atomic E-state index is 0.00187. The number of alkyl halides is 4. The van der Waals surface area contributed by atoms with Crippen LogP contribution in [0.2, 0.25) is 0 Å². The second-order valence-corrected chi connectivity index (χ2v) is 6.50. The molecule has 1 aromatic carbocycles. The first-order chi connectivity index (χ1) is 12.3. The second kappa shape index (κ2) is 7.13. The molecule has 2 amide bonds. The third kappa shape index (κ3) is 3.76. The van der Waals surface area contributed by atoms with Gasteiger partial charge in [0.1, 0.15) is 12.8 Å². The van der Waals surface area contributed by atoms with Gasteiger partial charge in [0.05, 0.1) is 12.1 Å². The normalized spacial score (nSPS) is 27.9. The Bertz CT molecular complexity index is 668. The number of carbonyl (C=O) groups excluding carboxylic acids is 2. The molecule has 3 rings (SSSR count). The van der Waals surface area contributed by atoms with E-state index in [-0.39, 0.29) is 25.9 Å². The van der Waals surface area contributed by atoms with Gasteiger partial charge in [-0.25, -0.2) is 9.18 Å². The molecular weight excluding hydrogens is 356 g/mol. The van der Waals surface area contributed by atoms with Crippen molar-refractivity contribution in [1.29, 1.82) is 0 Å². The summed E-state index contributed by atoms with van der Waals surface area (Å²) in [7, 11) is 0. The maximum Gasteiger partial charge on any atom is 0.471 e. The molecule has 9 heteroatoms. The van der Waals surface area contributed by atoms with Crippen molar-refractivity contribution in [3.8, 4) is 0 Å². The Labute approximate surface area is 147 Å². The Morgan fingerprint density at radius 1 is 1.19 bits per heavy atom. The van der Waals surface area contributed by atoms with Gasteiger partial charge in [-0.15, -0.1) is 0 Å². The molecule has 0 saturated carbocycles. The summed E-state index contributed by atoms with van der Waals surface area (Å²) in [6.45, 7) is 0.00187. The quantitative estimate of drug-likeness (QED) is 0.828. The highest BCUT2D eigenvalue weighted by Crippen LogP contribution is 2.39. The first kappa shape index (κ1) is 18.5. The van der Waals surface area contributed by atoms with E-state index in [0.29, 0.717) is 4.90 Å². The fourth-order valence-corrected chi connectivity index (χ4v) is 3.66. The zero-order valence-corrected chi connectivity index (χ0v) is 13.7. The number of nitrogens with one attached hydrogen (secondary N) is 1. The Hall–Kier alpha value is -2.32. The number of nitrogens with zero attached hydrogens (tertiary/aromatic N) is 1. The average molecular weight is 374 g/mol. The number of benzene rings is 1. The van der Waals surface area contributed by atoms with Crippen molar-refractivity contribution in [3.63, 3.8) is 0 Å². The molecule has 2 saturated heterocycles. The number of alkyl carbamates (subject to hydrolysis) is 1. The van der Waals surface area contributed by atoms with Crippen molar-refractivity contribution < 1.29 is 31.9 Å². The number of hydrogen-bond acceptors (Lipinski definition) is 3. The molecule has 26 heavy (non-hydrogen) atoms. The van der Waals surface area contributed by atoms with Gasteiger partial charge in [0, 0.05) is 6.04 Å². The van der Waals surface area contributed by atoms with Crippen LogP contribution in [0, 0.1) is 0 Å². The van der Waals surface area contributed by atoms with Crippen LogP contribution in [0.1, 0.15) is 24.8 Å². The molecule has 0 aromatic heterocycles. The molecule has 1 N–H and O–H groups in total. The van der Waals surface area contributed by atoms with E-state index in [9.17, 15) is 27.2 Å². The maximum atomic E-state index is 14.6. The van der Waals surface area contributed by atoms with Gasteiger partial charge in [-0.2, -0.15) is 13.2 Å². The molecule has 142 valence electrons. The number of piperidine rings is 1. The van der Waals surface area contributed by atoms with Gasteiger partial charge in [-0.1, -0.05) is 30.3 Å². The fraction of sp³-hybridized carbons (Fsp3) is 0.529. The number of fused-ring (bicyclic) bond motifs is 2. The highest BCUT2D eigenvalue weighted by Gasteiger charge is 2.55. The van der Waals surface area contributed by atoms with Crippen LogP contribution in [0.5, 0.6) is 0 Å². The minimum atomic E-state index is -5.03. The van der Waals surface area contributed by atoms with Crippen molar-refractivity contribution in [2.45, 2.75) is 56.3 Å². The van der Waals surface area contributed by atoms with Crippen LogP contribution in [0.15, 0.2) is 30.3 Å². The first-order valence-corrected chi connectivity index (χ1v) is 8.28. The Morgan fingerprint density at radius 3 is 2.54 bits per heavy atom. The molecule has 0 spiro atoms. The smallest absolute Gasteiger partial charge is 0.445 e. The molecule has 2 aliphatic rings. The summed E-state index contributed by atoms with van der Waals surface area (Å²) < 4.78 is 57.8. The third-order valence-electron chi connectivity index (χ3n) is 4.82. The number of carbonyl (C=O) groups is 2. The van der Waals surface area contributed by atoms with Gasteiger partial charge in [-0.3, -0.25) is 4.79 Å². The van der Waals surface area contributed by atoms with E-state index in [0.717, 1.165) is 5.56 Å². The van der Waals surface area contributed by atoms with Crippen LogP contribution in [-0.2, 0) is 16.1 Å². The van der Waals surface area contributed by atoms with E-state index in [1.54, 1.807) is 24.3 Å². The van der Waals surface area contributed by atoms with Gasteiger partial charge in [0.15, 0.2) is 0 Å². The lowest BCUT2D eigenvalue weighted by Gasteiger charge is -2.41. The lowest BCUT2D eigenvalue weighted by molar-refractivity contribution is -0.192. The zero-order chi connectivity index (χ0) is 18.9. The van der Waals surface area contributed by atoms with Crippen molar-refractivity contribution >= 4 is 12.0 Å². The first-order valence-electron chi connectivity index (χ1n) is 8.28. The summed E-state index contributed by atoms with van der Waals surface area (Å²) in [6.07, 6.45) is -7.29. The average Bonchev–Trinajstić information content (AvgIpc) is 2.94. The molecule has 1 aromatic rings. The number of rotatable bonds is 3. The standard InChI is InChI=1S/C17H18F4N2O3/c18-14-12(22-16(25)26-9-10-4-2-1-3-5-10)8-11-6-7-13(14)23(11)15(24)17(19,20)21/h1-5,11-14H,6-9H2,(H,22,25)/t11-,12-,13+,14-/m0/s1. The van der Waals surface area contributed by atoms with Crippen LogP contribution in [0.25, 0.3) is 0 Å². The summed E-state index contributed by atoms with van der Waals surface area (Å²) in [5.74, 6) is -2.02. The zero-order valence-electron chi connectivity index (χ0n) is 13.7. The van der Waals surface area contributed by atoms with Crippen molar-refractivity contribution in [3.05, 3.63) is 35.9 Å². The van der Waals surface area contributed by atoms with E-state index in [2.05, 4.69) is 5.32 Å². The lowest BCUT2D eigenvalue weighted by atomic mass is 9.95. The number of ether oxygens (including phenoxy) is 1. The molecule has 2 aliphatic heterocycles. The monoisotopic (exact) mass is 374 g/mol. The topological polar surface area (TPSA) is 58.6 Å². The van der Waals surface area contributed by atoms with E-state index >= 15 is 0 Å². The molecule has 0 aliphatic carbocycles. The van der Waals surface area contributed by atoms with Crippen LogP contribution < -0.4 is 5.32 Å². The van der Waals surface area contributed by atoms with Crippen LogP contribution in [0.4, 0.5) is 22.4 Å². The van der Waals surface area contributed by atoms with Crippen molar-refractivity contribution in [1.82, 2.24) is 10.2 Å². The van der Waals surface area contributed by atoms with Crippen LogP contribution in [-0.4, -0.2) is 47.4 Å². The summed E-state index contributed by atoms with van der Waals surface area (Å²) in [5.41, 5.74) is 0.755. The SMILES string of the molecule is O=C(N[C@H]1C[C@@H]2CC[C@H]([C@H]1F)N2C(=O)C(F)(F)F)OCc1ccccc1. The molecule has 4 atom stereocenters. The highest BCUT2D eigenvalue weighted by atomic mass is 19.4. The van der Waals surface area contributed by atoms with E-state index in [4.69, 9.17) is 4.74 Å². The van der Waals surface area contributed by atoms with Gasteiger partial charge < -0.3 is 15.0 Å². The third-order valence-corrected chi connectivity index (χ3v) is 4.82. The molecular formula is C17H18F4N2O3. The van der Waals surface area contributed by atoms with Gasteiger partial charge >= 0.3 is 18.2 Å². The van der Waals surface area contributed by atoms with Gasteiger partial charge in [0.2, 0.25) is 0 Å². The van der Waals surface area contributed by atoms with E-state index in [1.807, 2.05) is 6.07 Å². The molecule has 2 fully saturated rings. The largest absolute Gasteiger partial charge is 0.471 e. The van der Waals surface area contributed by atoms with Crippen molar-refractivity contribution in [2.24, 2.45) is 0 Å². The number of amides is 2. The Morgan fingerprint density at radius 2 is 1.88 bits per heavy atom. The molecule has 2 heterocycles. The minimum Gasteiger partial charge on any atom is -0.445 e. The number of halogens is 4. The van der Waals surface area contributed by atoms with Crippen LogP contribution in [0.3, 0.4) is 0 Å². The second-order valence-electron chi connectivity index (χ2n) is 6.50. The predicted octanol–water partition coefficient (Wildman–Crippen LogP) is 2.95. The Kier molecular flexibility index (Phi) is 5.06. The lowest BCUT2D eigenvalue weighted by Crippen LogP contribution is -2.61. The van der Waals surface area contributed by atoms with Gasteiger partial charge in [-0.05, 0) is 24.8 Å². The van der Waals surface area contributed by atoms with E-state index in [1.165, 1.54) is 0 Å². The fourth-order valence-electron chi connectivity index (χ4n) is 3.66. The molecule has 0 unspecified atom stereocenters. The highest BCUT2D eigenvalue weighted by molar-refractivity contribution is 5.83. The summed E-state index contributed by atoms with van der Waals surface area (Å²) in [5, 5.41) is 2.38. The summed E-state index contributed by atoms with van der Waals surface area (Å²) >= 11 is 0. The van der Waals surface area contributed by atoms with Crippen molar-refractivity contribution in [2.75, 3.05) is 0 Å². The van der Waals surface area contributed by atoms with Gasteiger partial charge in [0.25, 0.3) is 0 Å². The summed E-state index contributed by atoms with van der Waals surface area (Å²) in [6, 6.07) is 5.98. The predicted molar refractivity (Wildman–Crippen MR) is 82.8 cm³/mol. The summed E-state index contributed by atoms with van der Waals surface area (Å²) in [4.78, 5) is 24.0. The maximum absolute atomic E-state index is 14.6. The van der Waals surface area contributed by atoms with E-state index < -0.39 is 42.5 Å². The molecule has 2 bridgehead atoms.